The molecule has 20 heavy (non-hydrogen) atoms. The van der Waals surface area contributed by atoms with E-state index in [0.717, 1.165) is 12.8 Å². The van der Waals surface area contributed by atoms with Gasteiger partial charge in [0.1, 0.15) is 0 Å². The predicted molar refractivity (Wildman–Crippen MR) is 77.8 cm³/mol. The minimum Gasteiger partial charge on any atom is -0.380 e. The van der Waals surface area contributed by atoms with Crippen molar-refractivity contribution in [3.63, 3.8) is 0 Å². The lowest BCUT2D eigenvalue weighted by molar-refractivity contribution is 0.251. The Bertz CT molecular complexity index is 581. The third kappa shape index (κ3) is 2.90. The molecule has 3 rings (SSSR count). The van der Waals surface area contributed by atoms with E-state index in [1.807, 2.05) is 6.07 Å². The van der Waals surface area contributed by atoms with Crippen LogP contribution in [-0.4, -0.2) is 28.8 Å². The highest BCUT2D eigenvalue weighted by Crippen LogP contribution is 2.23. The van der Waals surface area contributed by atoms with Gasteiger partial charge in [-0.2, -0.15) is 5.10 Å². The van der Waals surface area contributed by atoms with E-state index in [0.29, 0.717) is 12.2 Å². The Kier molecular flexibility index (Phi) is 3.54. The average molecular weight is 271 g/mol. The number of aryl methyl sites for hydroxylation is 1. The number of benzene rings is 1. The second-order valence-corrected chi connectivity index (χ2v) is 4.86. The van der Waals surface area contributed by atoms with E-state index in [1.54, 1.807) is 12.4 Å². The summed E-state index contributed by atoms with van der Waals surface area (Å²) in [5.74, 6) is 0. The summed E-state index contributed by atoms with van der Waals surface area (Å²) in [5.41, 5.74) is 3.16. The fourth-order valence-corrected chi connectivity index (χ4v) is 2.36. The summed E-state index contributed by atoms with van der Waals surface area (Å²) in [4.78, 5) is 11.7. The van der Waals surface area contributed by atoms with Crippen molar-refractivity contribution in [2.75, 3.05) is 17.2 Å². The number of nitrogens with zero attached hydrogens (tertiary/aromatic N) is 1. The quantitative estimate of drug-likeness (QED) is 0.688. The molecule has 0 aliphatic carbocycles. The number of urea groups is 1. The zero-order valence-corrected chi connectivity index (χ0v) is 11.0. The second kappa shape index (κ2) is 5.64. The molecule has 0 radical (unpaired) electrons. The first-order chi connectivity index (χ1) is 9.81. The van der Waals surface area contributed by atoms with Gasteiger partial charge in [0.15, 0.2) is 0 Å². The number of hydrogen-bond acceptors (Lipinski definition) is 3. The first kappa shape index (κ1) is 12.5. The van der Waals surface area contributed by atoms with Crippen molar-refractivity contribution in [1.82, 2.24) is 15.5 Å². The third-order valence-electron chi connectivity index (χ3n) is 3.40. The van der Waals surface area contributed by atoms with E-state index < -0.39 is 0 Å². The van der Waals surface area contributed by atoms with Gasteiger partial charge in [-0.25, -0.2) is 4.79 Å². The lowest BCUT2D eigenvalue weighted by atomic mass is 9.98. The van der Waals surface area contributed by atoms with Crippen LogP contribution in [0, 0.1) is 0 Å². The molecule has 104 valence electrons. The van der Waals surface area contributed by atoms with Gasteiger partial charge in [-0.3, -0.25) is 5.10 Å². The molecular formula is C14H17N5O. The van der Waals surface area contributed by atoms with Gasteiger partial charge < -0.3 is 16.0 Å². The van der Waals surface area contributed by atoms with Crippen molar-refractivity contribution >= 4 is 17.4 Å². The first-order valence-corrected chi connectivity index (χ1v) is 6.69. The zero-order valence-electron chi connectivity index (χ0n) is 11.0. The van der Waals surface area contributed by atoms with Crippen molar-refractivity contribution in [3.8, 4) is 0 Å². The Labute approximate surface area is 117 Å². The Morgan fingerprint density at radius 3 is 3.15 bits per heavy atom. The van der Waals surface area contributed by atoms with Crippen LogP contribution < -0.4 is 16.0 Å². The lowest BCUT2D eigenvalue weighted by Gasteiger charge is -2.27. The molecule has 0 spiro atoms. The van der Waals surface area contributed by atoms with Crippen LogP contribution in [-0.2, 0) is 6.42 Å². The van der Waals surface area contributed by atoms with Crippen molar-refractivity contribution in [2.24, 2.45) is 0 Å². The van der Waals surface area contributed by atoms with Crippen molar-refractivity contribution in [1.29, 1.82) is 0 Å². The molecule has 1 aliphatic heterocycles. The number of anilines is 2. The van der Waals surface area contributed by atoms with Crippen molar-refractivity contribution in [3.05, 3.63) is 42.2 Å². The van der Waals surface area contributed by atoms with E-state index in [9.17, 15) is 4.79 Å². The van der Waals surface area contributed by atoms with Gasteiger partial charge in [0.25, 0.3) is 0 Å². The fourth-order valence-electron chi connectivity index (χ4n) is 2.36. The monoisotopic (exact) mass is 271 g/mol. The summed E-state index contributed by atoms with van der Waals surface area (Å²) < 4.78 is 0. The molecule has 1 aromatic carbocycles. The van der Waals surface area contributed by atoms with Crippen LogP contribution in [0.3, 0.4) is 0 Å². The number of hydrogen-bond donors (Lipinski definition) is 4. The molecule has 6 heteroatoms. The molecule has 4 N–H and O–H groups in total. The number of aromatic amines is 1. The van der Waals surface area contributed by atoms with Crippen molar-refractivity contribution in [2.45, 2.75) is 18.9 Å². The maximum absolute atomic E-state index is 11.7. The molecule has 1 aliphatic rings. The molecule has 0 fully saturated rings. The third-order valence-corrected chi connectivity index (χ3v) is 3.40. The lowest BCUT2D eigenvalue weighted by Crippen LogP contribution is -2.40. The smallest absolute Gasteiger partial charge is 0.319 e. The summed E-state index contributed by atoms with van der Waals surface area (Å²) in [7, 11) is 0. The topological polar surface area (TPSA) is 81.8 Å². The van der Waals surface area contributed by atoms with Crippen molar-refractivity contribution < 1.29 is 4.79 Å². The van der Waals surface area contributed by atoms with Crippen LogP contribution in [0.25, 0.3) is 0 Å². The van der Waals surface area contributed by atoms with Gasteiger partial charge >= 0.3 is 6.03 Å². The minimum atomic E-state index is -0.216. The number of amides is 2. The number of fused-ring (bicyclic) bond motifs is 1. The highest BCUT2D eigenvalue weighted by Gasteiger charge is 2.17. The van der Waals surface area contributed by atoms with Crippen LogP contribution in [0.1, 0.15) is 12.0 Å². The van der Waals surface area contributed by atoms with Gasteiger partial charge in [-0.05, 0) is 24.5 Å². The van der Waals surface area contributed by atoms with E-state index in [1.165, 1.54) is 11.3 Å². The number of rotatable bonds is 3. The largest absolute Gasteiger partial charge is 0.380 e. The van der Waals surface area contributed by atoms with E-state index in [4.69, 9.17) is 0 Å². The van der Waals surface area contributed by atoms with Crippen LogP contribution in [0.15, 0.2) is 36.7 Å². The van der Waals surface area contributed by atoms with Crippen LogP contribution in [0.5, 0.6) is 0 Å². The summed E-state index contributed by atoms with van der Waals surface area (Å²) >= 11 is 0. The fraction of sp³-hybridized carbons (Fsp3) is 0.286. The summed E-state index contributed by atoms with van der Waals surface area (Å²) in [6.07, 6.45) is 5.26. The maximum atomic E-state index is 11.7. The number of nitrogens with one attached hydrogen (secondary N) is 4. The standard InChI is InChI=1S/C14H17N5O/c20-14(19-12-8-16-17-9-12)15-7-11-6-5-10-3-1-2-4-13(10)18-11/h1-4,8-9,11,18H,5-7H2,(H,16,17)(H2,15,19,20)/t11-/m0/s1. The second-order valence-electron chi connectivity index (χ2n) is 4.86. The van der Waals surface area contributed by atoms with E-state index >= 15 is 0 Å². The van der Waals surface area contributed by atoms with E-state index in [2.05, 4.69) is 44.3 Å². The number of H-pyrrole nitrogens is 1. The number of carbonyl (C=O) groups is 1. The predicted octanol–water partition coefficient (Wildman–Crippen LogP) is 1.96. The molecule has 1 aromatic heterocycles. The molecule has 0 saturated heterocycles. The molecule has 1 atom stereocenters. The Morgan fingerprint density at radius 1 is 1.40 bits per heavy atom. The highest BCUT2D eigenvalue weighted by molar-refractivity contribution is 5.88. The molecule has 0 bridgehead atoms. The number of para-hydroxylation sites is 1. The van der Waals surface area contributed by atoms with Crippen LogP contribution in [0.4, 0.5) is 16.2 Å². The first-order valence-electron chi connectivity index (χ1n) is 6.69. The van der Waals surface area contributed by atoms with E-state index in [-0.39, 0.29) is 12.1 Å². The molecule has 2 heterocycles. The van der Waals surface area contributed by atoms with Gasteiger partial charge in [0.05, 0.1) is 11.9 Å². The van der Waals surface area contributed by atoms with Gasteiger partial charge in [-0.15, -0.1) is 0 Å². The van der Waals surface area contributed by atoms with Gasteiger partial charge in [-0.1, -0.05) is 18.2 Å². The summed E-state index contributed by atoms with van der Waals surface area (Å²) in [6.45, 7) is 0.595. The Morgan fingerprint density at radius 2 is 2.30 bits per heavy atom. The number of carbonyl (C=O) groups excluding carboxylic acids is 1. The van der Waals surface area contributed by atoms with Crippen LogP contribution in [0.2, 0.25) is 0 Å². The highest BCUT2D eigenvalue weighted by atomic mass is 16.2. The normalized spacial score (nSPS) is 16.9. The molecule has 2 amide bonds. The molecule has 2 aromatic rings. The number of aromatic nitrogens is 2. The van der Waals surface area contributed by atoms with Crippen LogP contribution >= 0.6 is 0 Å². The molecule has 0 saturated carbocycles. The minimum absolute atomic E-state index is 0.216. The zero-order chi connectivity index (χ0) is 13.8. The molecular weight excluding hydrogens is 254 g/mol. The van der Waals surface area contributed by atoms with Gasteiger partial charge in [0, 0.05) is 24.5 Å². The SMILES string of the molecule is O=C(NC[C@@H]1CCc2ccccc2N1)Nc1cn[nH]c1. The average Bonchev–Trinajstić information content (AvgIpc) is 2.98. The summed E-state index contributed by atoms with van der Waals surface area (Å²) in [6, 6.07) is 8.34. The molecule has 0 unspecified atom stereocenters. The van der Waals surface area contributed by atoms with Gasteiger partial charge in [0.2, 0.25) is 0 Å². The Hall–Kier alpha value is -2.50. The summed E-state index contributed by atoms with van der Waals surface area (Å²) in [5, 5.41) is 15.4. The maximum Gasteiger partial charge on any atom is 0.319 e. The Balaban J connectivity index is 1.49. The molecule has 6 nitrogen and oxygen atoms in total.